The average molecular weight is 299 g/mol. The number of anilines is 1. The lowest BCUT2D eigenvalue weighted by molar-refractivity contribution is -0.113. The number of nitriles is 1. The van der Waals surface area contributed by atoms with E-state index in [9.17, 15) is 4.79 Å². The van der Waals surface area contributed by atoms with Gasteiger partial charge in [-0.15, -0.1) is 5.10 Å². The molecule has 1 aliphatic rings. The highest BCUT2D eigenvalue weighted by Gasteiger charge is 2.27. The highest BCUT2D eigenvalue weighted by Crippen LogP contribution is 2.38. The summed E-state index contributed by atoms with van der Waals surface area (Å²) in [5.74, 6) is 1.58. The van der Waals surface area contributed by atoms with Crippen LogP contribution in [-0.4, -0.2) is 26.8 Å². The third-order valence-corrected chi connectivity index (χ3v) is 3.92. The van der Waals surface area contributed by atoms with Crippen molar-refractivity contribution in [1.82, 2.24) is 15.2 Å². The van der Waals surface area contributed by atoms with Crippen LogP contribution >= 0.6 is 11.8 Å². The standard InChI is InChI=1S/C14H13N5OS/c15-7-9-1-5-11(6-2-9)16-12(20)8-21-14-17-13(18-19-14)10-3-4-10/h1-2,5-6,10H,3-4,8H2,(H,16,20)(H,17,18,19). The molecule has 2 aromatic rings. The van der Waals surface area contributed by atoms with Gasteiger partial charge in [-0.1, -0.05) is 11.8 Å². The Morgan fingerprint density at radius 2 is 2.19 bits per heavy atom. The average Bonchev–Trinajstić information content (AvgIpc) is 3.25. The number of aromatic nitrogens is 3. The number of hydrogen-bond acceptors (Lipinski definition) is 5. The van der Waals surface area contributed by atoms with Crippen LogP contribution in [0.5, 0.6) is 0 Å². The molecule has 0 atom stereocenters. The van der Waals surface area contributed by atoms with Gasteiger partial charge in [-0.3, -0.25) is 9.89 Å². The van der Waals surface area contributed by atoms with Crippen molar-refractivity contribution in [2.75, 3.05) is 11.1 Å². The molecule has 0 spiro atoms. The van der Waals surface area contributed by atoms with Crippen LogP contribution < -0.4 is 5.32 Å². The summed E-state index contributed by atoms with van der Waals surface area (Å²) in [7, 11) is 0. The number of carbonyl (C=O) groups is 1. The zero-order chi connectivity index (χ0) is 14.7. The molecule has 1 aromatic heterocycles. The van der Waals surface area contributed by atoms with Crippen LogP contribution in [0.15, 0.2) is 29.4 Å². The molecule has 0 saturated heterocycles. The summed E-state index contributed by atoms with van der Waals surface area (Å²) >= 11 is 1.30. The zero-order valence-electron chi connectivity index (χ0n) is 11.2. The van der Waals surface area contributed by atoms with Gasteiger partial charge in [0.25, 0.3) is 0 Å². The second kappa shape index (κ2) is 5.97. The van der Waals surface area contributed by atoms with E-state index in [1.165, 1.54) is 24.6 Å². The summed E-state index contributed by atoms with van der Waals surface area (Å²) in [6.45, 7) is 0. The van der Waals surface area contributed by atoms with Gasteiger partial charge in [0.05, 0.1) is 17.4 Å². The van der Waals surface area contributed by atoms with Crippen LogP contribution in [0.1, 0.15) is 30.1 Å². The molecule has 1 aromatic carbocycles. The number of benzene rings is 1. The fourth-order valence-electron chi connectivity index (χ4n) is 1.82. The summed E-state index contributed by atoms with van der Waals surface area (Å²) in [5, 5.41) is 19.1. The second-order valence-electron chi connectivity index (χ2n) is 4.80. The molecule has 0 bridgehead atoms. The molecular weight excluding hydrogens is 286 g/mol. The van der Waals surface area contributed by atoms with Gasteiger partial charge >= 0.3 is 0 Å². The Hall–Kier alpha value is -2.33. The van der Waals surface area contributed by atoms with Crippen LogP contribution in [0.25, 0.3) is 0 Å². The highest BCUT2D eigenvalue weighted by atomic mass is 32.2. The van der Waals surface area contributed by atoms with Gasteiger partial charge in [0, 0.05) is 11.6 Å². The lowest BCUT2D eigenvalue weighted by atomic mass is 10.2. The van der Waals surface area contributed by atoms with Crippen molar-refractivity contribution in [3.63, 3.8) is 0 Å². The second-order valence-corrected chi connectivity index (χ2v) is 5.75. The van der Waals surface area contributed by atoms with E-state index in [4.69, 9.17) is 5.26 Å². The van der Waals surface area contributed by atoms with Crippen molar-refractivity contribution >= 4 is 23.4 Å². The molecule has 0 aliphatic heterocycles. The Bertz CT molecular complexity index is 684. The number of H-pyrrole nitrogens is 1. The summed E-state index contributed by atoms with van der Waals surface area (Å²) in [6, 6.07) is 8.78. The van der Waals surface area contributed by atoms with E-state index in [0.29, 0.717) is 22.3 Å². The van der Waals surface area contributed by atoms with Crippen LogP contribution in [-0.2, 0) is 4.79 Å². The highest BCUT2D eigenvalue weighted by molar-refractivity contribution is 7.99. The fourth-order valence-corrected chi connectivity index (χ4v) is 2.42. The fraction of sp³-hybridized carbons (Fsp3) is 0.286. The molecule has 1 saturated carbocycles. The van der Waals surface area contributed by atoms with Gasteiger partial charge in [-0.25, -0.2) is 4.98 Å². The number of thioether (sulfide) groups is 1. The van der Waals surface area contributed by atoms with Crippen LogP contribution in [0.4, 0.5) is 5.69 Å². The molecular formula is C14H13N5OS. The largest absolute Gasteiger partial charge is 0.325 e. The van der Waals surface area contributed by atoms with Gasteiger partial charge in [-0.2, -0.15) is 5.26 Å². The smallest absolute Gasteiger partial charge is 0.234 e. The van der Waals surface area contributed by atoms with Crippen molar-refractivity contribution in [3.8, 4) is 6.07 Å². The number of aromatic amines is 1. The SMILES string of the molecule is N#Cc1ccc(NC(=O)CSc2n[nH]c(C3CC3)n2)cc1. The Morgan fingerprint density at radius 3 is 2.86 bits per heavy atom. The third-order valence-electron chi connectivity index (χ3n) is 3.08. The number of hydrogen-bond donors (Lipinski definition) is 2. The van der Waals surface area contributed by atoms with Gasteiger partial charge in [0.15, 0.2) is 0 Å². The van der Waals surface area contributed by atoms with E-state index in [2.05, 4.69) is 20.5 Å². The van der Waals surface area contributed by atoms with E-state index < -0.39 is 0 Å². The maximum absolute atomic E-state index is 11.8. The Morgan fingerprint density at radius 1 is 1.43 bits per heavy atom. The number of amides is 1. The van der Waals surface area contributed by atoms with Crippen LogP contribution in [0, 0.1) is 11.3 Å². The Kier molecular flexibility index (Phi) is 3.88. The topological polar surface area (TPSA) is 94.5 Å². The molecule has 0 unspecified atom stereocenters. The minimum absolute atomic E-state index is 0.123. The number of carbonyl (C=O) groups excluding carboxylic acids is 1. The van der Waals surface area contributed by atoms with E-state index in [1.54, 1.807) is 24.3 Å². The Labute approximate surface area is 126 Å². The van der Waals surface area contributed by atoms with E-state index in [-0.39, 0.29) is 11.7 Å². The van der Waals surface area contributed by atoms with E-state index in [1.807, 2.05) is 6.07 Å². The quantitative estimate of drug-likeness (QED) is 0.826. The van der Waals surface area contributed by atoms with E-state index in [0.717, 1.165) is 5.82 Å². The molecule has 1 heterocycles. The molecule has 1 aliphatic carbocycles. The maximum atomic E-state index is 11.8. The van der Waals surface area contributed by atoms with Crippen molar-refractivity contribution in [1.29, 1.82) is 5.26 Å². The maximum Gasteiger partial charge on any atom is 0.234 e. The predicted octanol–water partition coefficient (Wildman–Crippen LogP) is 2.28. The first-order chi connectivity index (χ1) is 10.2. The van der Waals surface area contributed by atoms with Gasteiger partial charge in [0.2, 0.25) is 11.1 Å². The van der Waals surface area contributed by atoms with Crippen molar-refractivity contribution in [3.05, 3.63) is 35.7 Å². The first kappa shape index (κ1) is 13.6. The molecule has 106 valence electrons. The lowest BCUT2D eigenvalue weighted by Gasteiger charge is -2.03. The lowest BCUT2D eigenvalue weighted by Crippen LogP contribution is -2.14. The predicted molar refractivity (Wildman–Crippen MR) is 78.9 cm³/mol. The molecule has 7 heteroatoms. The third kappa shape index (κ3) is 3.61. The van der Waals surface area contributed by atoms with Gasteiger partial charge in [0.1, 0.15) is 5.82 Å². The summed E-state index contributed by atoms with van der Waals surface area (Å²) in [5.41, 5.74) is 1.24. The Balaban J connectivity index is 1.49. The monoisotopic (exact) mass is 299 g/mol. The summed E-state index contributed by atoms with van der Waals surface area (Å²) in [4.78, 5) is 16.2. The molecule has 0 radical (unpaired) electrons. The molecule has 21 heavy (non-hydrogen) atoms. The van der Waals surface area contributed by atoms with Crippen molar-refractivity contribution < 1.29 is 4.79 Å². The van der Waals surface area contributed by atoms with Crippen LogP contribution in [0.3, 0.4) is 0 Å². The summed E-state index contributed by atoms with van der Waals surface area (Å²) < 4.78 is 0. The minimum Gasteiger partial charge on any atom is -0.325 e. The summed E-state index contributed by atoms with van der Waals surface area (Å²) in [6.07, 6.45) is 2.33. The van der Waals surface area contributed by atoms with Crippen LogP contribution in [0.2, 0.25) is 0 Å². The minimum atomic E-state index is -0.123. The van der Waals surface area contributed by atoms with E-state index >= 15 is 0 Å². The zero-order valence-corrected chi connectivity index (χ0v) is 12.0. The normalized spacial score (nSPS) is 13.7. The number of nitrogens with zero attached hydrogens (tertiary/aromatic N) is 3. The van der Waals surface area contributed by atoms with Gasteiger partial charge in [-0.05, 0) is 37.1 Å². The number of rotatable bonds is 5. The van der Waals surface area contributed by atoms with Crippen molar-refractivity contribution in [2.24, 2.45) is 0 Å². The van der Waals surface area contributed by atoms with Gasteiger partial charge < -0.3 is 5.32 Å². The molecule has 1 fully saturated rings. The molecule has 3 rings (SSSR count). The number of nitrogens with one attached hydrogen (secondary N) is 2. The molecule has 2 N–H and O–H groups in total. The van der Waals surface area contributed by atoms with Crippen molar-refractivity contribution in [2.45, 2.75) is 23.9 Å². The molecule has 1 amide bonds. The first-order valence-electron chi connectivity index (χ1n) is 6.60. The molecule has 6 nitrogen and oxygen atoms in total. The first-order valence-corrected chi connectivity index (χ1v) is 7.58.